The standard InChI is InChI=1S/C22H20ClFN2O3/c1-12-2-5-18-15(8-12)16-9-13(3-6-19(16)25-18)22(28)29-11-21(27)26-20-7-4-14(24)10-17(20)23/h3-4,6-7,9-10,12,25H,2,5,8,11H2,1H3,(H,26,27). The summed E-state index contributed by atoms with van der Waals surface area (Å²) in [6.45, 7) is 1.76. The predicted molar refractivity (Wildman–Crippen MR) is 110 cm³/mol. The number of aryl methyl sites for hydroxylation is 1. The second-order valence-electron chi connectivity index (χ2n) is 7.44. The van der Waals surface area contributed by atoms with Crippen LogP contribution in [0.1, 0.15) is 35.0 Å². The molecule has 0 saturated heterocycles. The molecule has 1 aromatic heterocycles. The Morgan fingerprint density at radius 2 is 2.10 bits per heavy atom. The first-order valence-corrected chi connectivity index (χ1v) is 9.84. The zero-order chi connectivity index (χ0) is 20.5. The molecule has 5 nitrogen and oxygen atoms in total. The number of carbonyl (C=O) groups excluding carboxylic acids is 2. The summed E-state index contributed by atoms with van der Waals surface area (Å²) in [6, 6.07) is 9.00. The zero-order valence-corrected chi connectivity index (χ0v) is 16.6. The lowest BCUT2D eigenvalue weighted by Gasteiger charge is -2.18. The van der Waals surface area contributed by atoms with E-state index in [-0.39, 0.29) is 10.7 Å². The summed E-state index contributed by atoms with van der Waals surface area (Å²) in [4.78, 5) is 27.9. The molecule has 2 aromatic carbocycles. The number of benzene rings is 2. The third kappa shape index (κ3) is 4.12. The Bertz CT molecular complexity index is 1110. The van der Waals surface area contributed by atoms with Crippen molar-refractivity contribution in [2.24, 2.45) is 5.92 Å². The highest BCUT2D eigenvalue weighted by Crippen LogP contribution is 2.32. The van der Waals surface area contributed by atoms with Crippen LogP contribution in [0.25, 0.3) is 10.9 Å². The molecule has 0 bridgehead atoms. The third-order valence-corrected chi connectivity index (χ3v) is 5.52. The molecule has 4 rings (SSSR count). The minimum atomic E-state index is -0.578. The second kappa shape index (κ2) is 7.87. The van der Waals surface area contributed by atoms with Crippen molar-refractivity contribution >= 4 is 40.1 Å². The Hall–Kier alpha value is -2.86. The molecule has 0 radical (unpaired) electrons. The van der Waals surface area contributed by atoms with Crippen LogP contribution in [-0.2, 0) is 22.4 Å². The smallest absolute Gasteiger partial charge is 0.338 e. The number of fused-ring (bicyclic) bond motifs is 3. The van der Waals surface area contributed by atoms with E-state index in [0.717, 1.165) is 36.2 Å². The van der Waals surface area contributed by atoms with Gasteiger partial charge >= 0.3 is 5.97 Å². The van der Waals surface area contributed by atoms with E-state index in [9.17, 15) is 14.0 Å². The van der Waals surface area contributed by atoms with E-state index in [2.05, 4.69) is 17.2 Å². The van der Waals surface area contributed by atoms with E-state index < -0.39 is 24.3 Å². The molecule has 1 heterocycles. The minimum absolute atomic E-state index is 0.0709. The van der Waals surface area contributed by atoms with E-state index in [0.29, 0.717) is 11.5 Å². The Kier molecular flexibility index (Phi) is 5.28. The average molecular weight is 415 g/mol. The Morgan fingerprint density at radius 3 is 2.90 bits per heavy atom. The summed E-state index contributed by atoms with van der Waals surface area (Å²) in [5.74, 6) is -1.03. The molecular formula is C22H20ClFN2O3. The summed E-state index contributed by atoms with van der Waals surface area (Å²) >= 11 is 5.88. The Balaban J connectivity index is 1.43. The van der Waals surface area contributed by atoms with Crippen molar-refractivity contribution in [1.82, 2.24) is 4.98 Å². The van der Waals surface area contributed by atoms with Crippen LogP contribution in [0.5, 0.6) is 0 Å². The molecule has 0 fully saturated rings. The topological polar surface area (TPSA) is 71.2 Å². The molecule has 150 valence electrons. The Labute approximate surface area is 172 Å². The fourth-order valence-electron chi connectivity index (χ4n) is 3.71. The first-order valence-electron chi connectivity index (χ1n) is 9.46. The van der Waals surface area contributed by atoms with E-state index in [4.69, 9.17) is 16.3 Å². The highest BCUT2D eigenvalue weighted by atomic mass is 35.5. The quantitative estimate of drug-likeness (QED) is 0.597. The maximum absolute atomic E-state index is 13.1. The molecule has 7 heteroatoms. The molecule has 0 spiro atoms. The summed E-state index contributed by atoms with van der Waals surface area (Å²) in [7, 11) is 0. The number of rotatable bonds is 4. The van der Waals surface area contributed by atoms with Crippen molar-refractivity contribution in [3.8, 4) is 0 Å². The number of amides is 1. The van der Waals surface area contributed by atoms with E-state index in [1.807, 2.05) is 12.1 Å². The Morgan fingerprint density at radius 1 is 1.28 bits per heavy atom. The van der Waals surface area contributed by atoms with Crippen molar-refractivity contribution in [1.29, 1.82) is 0 Å². The maximum atomic E-state index is 13.1. The van der Waals surface area contributed by atoms with Crippen molar-refractivity contribution in [3.05, 3.63) is 64.1 Å². The van der Waals surface area contributed by atoms with Gasteiger partial charge in [0.1, 0.15) is 5.82 Å². The fourth-order valence-corrected chi connectivity index (χ4v) is 3.92. The van der Waals surface area contributed by atoms with Crippen LogP contribution in [0.3, 0.4) is 0 Å². The van der Waals surface area contributed by atoms with Gasteiger partial charge in [-0.3, -0.25) is 4.79 Å². The number of aromatic amines is 1. The molecule has 2 N–H and O–H groups in total. The predicted octanol–water partition coefficient (Wildman–Crippen LogP) is 4.88. The number of hydrogen-bond acceptors (Lipinski definition) is 3. The highest BCUT2D eigenvalue weighted by molar-refractivity contribution is 6.33. The van der Waals surface area contributed by atoms with Crippen LogP contribution >= 0.6 is 11.6 Å². The molecule has 29 heavy (non-hydrogen) atoms. The van der Waals surface area contributed by atoms with E-state index in [1.165, 1.54) is 23.4 Å². The summed E-state index contributed by atoms with van der Waals surface area (Å²) in [5.41, 5.74) is 4.15. The van der Waals surface area contributed by atoms with Gasteiger partial charge in [0, 0.05) is 16.6 Å². The lowest BCUT2D eigenvalue weighted by molar-refractivity contribution is -0.119. The van der Waals surface area contributed by atoms with Gasteiger partial charge in [0.15, 0.2) is 6.61 Å². The molecule has 1 amide bonds. The van der Waals surface area contributed by atoms with Crippen LogP contribution in [0.4, 0.5) is 10.1 Å². The van der Waals surface area contributed by atoms with Gasteiger partial charge in [0.2, 0.25) is 0 Å². The molecule has 1 atom stereocenters. The van der Waals surface area contributed by atoms with Gasteiger partial charge in [-0.15, -0.1) is 0 Å². The largest absolute Gasteiger partial charge is 0.452 e. The highest BCUT2D eigenvalue weighted by Gasteiger charge is 2.21. The maximum Gasteiger partial charge on any atom is 0.338 e. The van der Waals surface area contributed by atoms with Gasteiger partial charge in [-0.2, -0.15) is 0 Å². The van der Waals surface area contributed by atoms with Crippen LogP contribution < -0.4 is 5.32 Å². The van der Waals surface area contributed by atoms with Crippen LogP contribution in [-0.4, -0.2) is 23.5 Å². The van der Waals surface area contributed by atoms with Crippen LogP contribution in [0.2, 0.25) is 5.02 Å². The molecule has 0 aliphatic heterocycles. The number of ether oxygens (including phenoxy) is 1. The molecule has 1 unspecified atom stereocenters. The fraction of sp³-hybridized carbons (Fsp3) is 0.273. The van der Waals surface area contributed by atoms with Crippen LogP contribution in [0, 0.1) is 11.7 Å². The number of H-pyrrole nitrogens is 1. The van der Waals surface area contributed by atoms with Gasteiger partial charge < -0.3 is 15.0 Å². The normalized spacial score (nSPS) is 15.8. The second-order valence-corrected chi connectivity index (χ2v) is 7.85. The first kappa shape index (κ1) is 19.5. The minimum Gasteiger partial charge on any atom is -0.452 e. The molecule has 3 aromatic rings. The van der Waals surface area contributed by atoms with Gasteiger partial charge in [-0.1, -0.05) is 18.5 Å². The number of anilines is 1. The summed E-state index contributed by atoms with van der Waals surface area (Å²) < 4.78 is 18.2. The monoisotopic (exact) mass is 414 g/mol. The van der Waals surface area contributed by atoms with Crippen molar-refractivity contribution in [2.75, 3.05) is 11.9 Å². The number of hydrogen-bond donors (Lipinski definition) is 2. The average Bonchev–Trinajstić information content (AvgIpc) is 3.05. The van der Waals surface area contributed by atoms with E-state index in [1.54, 1.807) is 6.07 Å². The van der Waals surface area contributed by atoms with Crippen molar-refractivity contribution < 1.29 is 18.7 Å². The summed E-state index contributed by atoms with van der Waals surface area (Å²) in [5, 5.41) is 3.60. The molecular weight excluding hydrogens is 395 g/mol. The van der Waals surface area contributed by atoms with Crippen molar-refractivity contribution in [3.63, 3.8) is 0 Å². The van der Waals surface area contributed by atoms with Gasteiger partial charge in [0.25, 0.3) is 5.91 Å². The molecule has 0 saturated carbocycles. The number of aromatic nitrogens is 1. The lowest BCUT2D eigenvalue weighted by atomic mass is 9.87. The first-order chi connectivity index (χ1) is 13.9. The van der Waals surface area contributed by atoms with E-state index >= 15 is 0 Å². The number of nitrogens with one attached hydrogen (secondary N) is 2. The summed E-state index contributed by atoms with van der Waals surface area (Å²) in [6.07, 6.45) is 3.15. The third-order valence-electron chi connectivity index (χ3n) is 5.21. The lowest BCUT2D eigenvalue weighted by Crippen LogP contribution is -2.21. The molecule has 1 aliphatic carbocycles. The van der Waals surface area contributed by atoms with Gasteiger partial charge in [0.05, 0.1) is 16.3 Å². The zero-order valence-electron chi connectivity index (χ0n) is 15.9. The van der Waals surface area contributed by atoms with Crippen LogP contribution in [0.15, 0.2) is 36.4 Å². The van der Waals surface area contributed by atoms with Crippen molar-refractivity contribution in [2.45, 2.75) is 26.2 Å². The number of carbonyl (C=O) groups is 2. The SMILES string of the molecule is CC1CCc2[nH]c3ccc(C(=O)OCC(=O)Nc4ccc(F)cc4Cl)cc3c2C1. The van der Waals surface area contributed by atoms with Gasteiger partial charge in [-0.05, 0) is 67.1 Å². The van der Waals surface area contributed by atoms with Gasteiger partial charge in [-0.25, -0.2) is 9.18 Å². The number of esters is 1. The molecule has 1 aliphatic rings. The number of halogens is 2.